The SMILES string of the molecule is Cc1noc(C)c1-c1cc2ncncc2c2ccn(C)c12. The fourth-order valence-electron chi connectivity index (χ4n) is 3.01. The molecule has 0 spiro atoms. The molecule has 0 fully saturated rings. The molecule has 0 unspecified atom stereocenters. The van der Waals surface area contributed by atoms with Gasteiger partial charge < -0.3 is 9.09 Å². The molecular formula is C16H14N4O. The second-order valence-corrected chi connectivity index (χ2v) is 5.27. The highest BCUT2D eigenvalue weighted by Crippen LogP contribution is 2.37. The molecule has 0 N–H and O–H groups in total. The van der Waals surface area contributed by atoms with Crippen LogP contribution < -0.4 is 0 Å². The summed E-state index contributed by atoms with van der Waals surface area (Å²) in [6.45, 7) is 3.90. The first-order valence-corrected chi connectivity index (χ1v) is 6.78. The molecule has 5 nitrogen and oxygen atoms in total. The van der Waals surface area contributed by atoms with Gasteiger partial charge in [0.05, 0.1) is 16.7 Å². The van der Waals surface area contributed by atoms with Crippen LogP contribution in [0.3, 0.4) is 0 Å². The van der Waals surface area contributed by atoms with Crippen molar-refractivity contribution in [2.45, 2.75) is 13.8 Å². The smallest absolute Gasteiger partial charge is 0.141 e. The van der Waals surface area contributed by atoms with Crippen LogP contribution in [0.2, 0.25) is 0 Å². The minimum atomic E-state index is 0.823. The summed E-state index contributed by atoms with van der Waals surface area (Å²) in [5.74, 6) is 0.823. The van der Waals surface area contributed by atoms with E-state index in [9.17, 15) is 0 Å². The lowest BCUT2D eigenvalue weighted by Gasteiger charge is -2.08. The maximum atomic E-state index is 5.34. The number of hydrogen-bond acceptors (Lipinski definition) is 4. The van der Waals surface area contributed by atoms with Gasteiger partial charge in [-0.1, -0.05) is 5.16 Å². The highest BCUT2D eigenvalue weighted by Gasteiger charge is 2.18. The van der Waals surface area contributed by atoms with E-state index < -0.39 is 0 Å². The molecular weight excluding hydrogens is 264 g/mol. The predicted octanol–water partition coefficient (Wildman–Crippen LogP) is 3.39. The van der Waals surface area contributed by atoms with Crippen molar-refractivity contribution in [2.24, 2.45) is 7.05 Å². The Bertz CT molecular complexity index is 961. The maximum Gasteiger partial charge on any atom is 0.141 e. The third-order valence-electron chi connectivity index (χ3n) is 3.94. The number of rotatable bonds is 1. The minimum absolute atomic E-state index is 0.823. The van der Waals surface area contributed by atoms with Crippen molar-refractivity contribution >= 4 is 21.8 Å². The highest BCUT2D eigenvalue weighted by molar-refractivity contribution is 6.11. The Morgan fingerprint density at radius 2 is 2.05 bits per heavy atom. The van der Waals surface area contributed by atoms with Gasteiger partial charge in [0.15, 0.2) is 0 Å². The normalized spacial score (nSPS) is 11.6. The van der Waals surface area contributed by atoms with Gasteiger partial charge in [0, 0.05) is 41.3 Å². The summed E-state index contributed by atoms with van der Waals surface area (Å²) in [7, 11) is 2.04. The molecule has 3 aromatic heterocycles. The van der Waals surface area contributed by atoms with Crippen LogP contribution in [0.4, 0.5) is 0 Å². The van der Waals surface area contributed by atoms with Crippen LogP contribution in [-0.4, -0.2) is 19.7 Å². The maximum absolute atomic E-state index is 5.34. The summed E-state index contributed by atoms with van der Waals surface area (Å²) >= 11 is 0. The van der Waals surface area contributed by atoms with Crippen LogP contribution in [0.25, 0.3) is 32.9 Å². The lowest BCUT2D eigenvalue weighted by Crippen LogP contribution is -1.92. The number of aromatic nitrogens is 4. The molecule has 0 amide bonds. The van der Waals surface area contributed by atoms with E-state index in [0.717, 1.165) is 44.4 Å². The number of nitrogens with zero attached hydrogens (tertiary/aromatic N) is 4. The molecule has 4 aromatic rings. The van der Waals surface area contributed by atoms with E-state index in [2.05, 4.69) is 38.0 Å². The molecule has 0 saturated carbocycles. The van der Waals surface area contributed by atoms with Crippen molar-refractivity contribution < 1.29 is 4.52 Å². The van der Waals surface area contributed by atoms with Gasteiger partial charge in [-0.25, -0.2) is 9.97 Å². The van der Waals surface area contributed by atoms with E-state index in [-0.39, 0.29) is 0 Å². The van der Waals surface area contributed by atoms with Crippen molar-refractivity contribution in [3.8, 4) is 11.1 Å². The largest absolute Gasteiger partial charge is 0.361 e. The van der Waals surface area contributed by atoms with Gasteiger partial charge in [-0.2, -0.15) is 0 Å². The van der Waals surface area contributed by atoms with Crippen molar-refractivity contribution in [1.82, 2.24) is 19.7 Å². The molecule has 104 valence electrons. The van der Waals surface area contributed by atoms with Gasteiger partial charge in [-0.15, -0.1) is 0 Å². The first kappa shape index (κ1) is 12.1. The van der Waals surface area contributed by atoms with E-state index >= 15 is 0 Å². The second kappa shape index (κ2) is 4.15. The van der Waals surface area contributed by atoms with Crippen molar-refractivity contribution in [3.05, 3.63) is 42.3 Å². The molecule has 0 atom stereocenters. The Labute approximate surface area is 121 Å². The molecule has 0 aliphatic carbocycles. The zero-order valence-electron chi connectivity index (χ0n) is 12.1. The van der Waals surface area contributed by atoms with E-state index in [1.54, 1.807) is 6.33 Å². The quantitative estimate of drug-likeness (QED) is 0.535. The lowest BCUT2D eigenvalue weighted by molar-refractivity contribution is 0.393. The Kier molecular flexibility index (Phi) is 2.39. The molecule has 21 heavy (non-hydrogen) atoms. The van der Waals surface area contributed by atoms with Crippen LogP contribution in [0.15, 0.2) is 35.4 Å². The average molecular weight is 278 g/mol. The molecule has 3 heterocycles. The minimum Gasteiger partial charge on any atom is -0.361 e. The van der Waals surface area contributed by atoms with Gasteiger partial charge in [0.25, 0.3) is 0 Å². The van der Waals surface area contributed by atoms with E-state index in [1.807, 2.05) is 27.1 Å². The van der Waals surface area contributed by atoms with Crippen LogP contribution >= 0.6 is 0 Å². The number of benzene rings is 1. The van der Waals surface area contributed by atoms with Gasteiger partial charge in [-0.3, -0.25) is 0 Å². The van der Waals surface area contributed by atoms with Crippen molar-refractivity contribution in [2.75, 3.05) is 0 Å². The third-order valence-corrected chi connectivity index (χ3v) is 3.94. The Balaban J connectivity index is 2.24. The summed E-state index contributed by atoms with van der Waals surface area (Å²) in [4.78, 5) is 8.55. The van der Waals surface area contributed by atoms with Gasteiger partial charge >= 0.3 is 0 Å². The molecule has 5 heteroatoms. The third kappa shape index (κ3) is 1.60. The van der Waals surface area contributed by atoms with Crippen LogP contribution in [0.1, 0.15) is 11.5 Å². The molecule has 4 rings (SSSR count). The molecule has 0 aliphatic heterocycles. The van der Waals surface area contributed by atoms with E-state index in [0.29, 0.717) is 0 Å². The standard InChI is InChI=1S/C16H14N4O/c1-9-15(10(2)21-19-9)12-6-14-13(7-17-8-18-14)11-4-5-20(3)16(11)12/h4-8H,1-3H3. The molecule has 0 radical (unpaired) electrons. The second-order valence-electron chi connectivity index (χ2n) is 5.27. The topological polar surface area (TPSA) is 56.7 Å². The highest BCUT2D eigenvalue weighted by atomic mass is 16.5. The Morgan fingerprint density at radius 1 is 1.19 bits per heavy atom. The molecule has 0 aliphatic rings. The zero-order chi connectivity index (χ0) is 14.6. The summed E-state index contributed by atoms with van der Waals surface area (Å²) in [5, 5.41) is 6.28. The number of fused-ring (bicyclic) bond motifs is 3. The van der Waals surface area contributed by atoms with Crippen molar-refractivity contribution in [1.29, 1.82) is 0 Å². The zero-order valence-corrected chi connectivity index (χ0v) is 12.1. The summed E-state index contributed by atoms with van der Waals surface area (Å²) in [6.07, 6.45) is 5.49. The van der Waals surface area contributed by atoms with Crippen LogP contribution in [0, 0.1) is 13.8 Å². The van der Waals surface area contributed by atoms with Crippen LogP contribution in [-0.2, 0) is 7.05 Å². The molecule has 1 aromatic carbocycles. The van der Waals surface area contributed by atoms with E-state index in [4.69, 9.17) is 4.52 Å². The molecule has 0 bridgehead atoms. The predicted molar refractivity (Wildman–Crippen MR) is 81.0 cm³/mol. The number of aryl methyl sites for hydroxylation is 3. The van der Waals surface area contributed by atoms with Crippen molar-refractivity contribution in [3.63, 3.8) is 0 Å². The summed E-state index contributed by atoms with van der Waals surface area (Å²) < 4.78 is 7.45. The van der Waals surface area contributed by atoms with E-state index in [1.165, 1.54) is 0 Å². The Morgan fingerprint density at radius 3 is 2.81 bits per heavy atom. The van der Waals surface area contributed by atoms with Gasteiger partial charge in [0.2, 0.25) is 0 Å². The van der Waals surface area contributed by atoms with Crippen LogP contribution in [0.5, 0.6) is 0 Å². The number of hydrogen-bond donors (Lipinski definition) is 0. The first-order chi connectivity index (χ1) is 10.2. The Hall–Kier alpha value is -2.69. The van der Waals surface area contributed by atoms with Gasteiger partial charge in [-0.05, 0) is 26.0 Å². The summed E-state index contributed by atoms with van der Waals surface area (Å²) in [5.41, 5.74) is 5.11. The molecule has 0 saturated heterocycles. The fraction of sp³-hybridized carbons (Fsp3) is 0.188. The van der Waals surface area contributed by atoms with Gasteiger partial charge in [0.1, 0.15) is 12.1 Å². The monoisotopic (exact) mass is 278 g/mol. The first-order valence-electron chi connectivity index (χ1n) is 6.78. The average Bonchev–Trinajstić information content (AvgIpc) is 3.02. The fourth-order valence-corrected chi connectivity index (χ4v) is 3.01. The summed E-state index contributed by atoms with van der Waals surface area (Å²) in [6, 6.07) is 4.19. The lowest BCUT2D eigenvalue weighted by atomic mass is 9.99.